The minimum absolute atomic E-state index is 0.299. The molecule has 3 aromatic carbocycles. The molecule has 164 valence electrons. The molecular formula is C25H24N2O3S2. The molecule has 1 amide bonds. The number of thioether (sulfide) groups is 2. The van der Waals surface area contributed by atoms with Crippen LogP contribution in [0.5, 0.6) is 11.5 Å². The molecule has 7 heteroatoms. The van der Waals surface area contributed by atoms with Crippen molar-refractivity contribution in [2.45, 2.75) is 16.7 Å². The molecule has 0 bridgehead atoms. The zero-order valence-electron chi connectivity index (χ0n) is 18.1. The number of ether oxygens (including phenoxy) is 2. The van der Waals surface area contributed by atoms with Gasteiger partial charge in [0.2, 0.25) is 0 Å². The molecule has 5 nitrogen and oxygen atoms in total. The summed E-state index contributed by atoms with van der Waals surface area (Å²) in [5, 5.41) is 4.25. The van der Waals surface area contributed by atoms with Gasteiger partial charge in [-0.25, -0.2) is 5.43 Å². The van der Waals surface area contributed by atoms with Gasteiger partial charge in [0.15, 0.2) is 11.5 Å². The van der Waals surface area contributed by atoms with Crippen molar-refractivity contribution in [3.05, 3.63) is 94.7 Å². The quantitative estimate of drug-likeness (QED) is 0.183. The average Bonchev–Trinajstić information content (AvgIpc) is 2.83. The summed E-state index contributed by atoms with van der Waals surface area (Å²) in [6, 6.07) is 25.4. The molecule has 0 radical (unpaired) electrons. The minimum atomic E-state index is -0.299. The number of amides is 1. The van der Waals surface area contributed by atoms with Crippen LogP contribution in [0, 0.1) is 0 Å². The molecule has 0 fully saturated rings. The van der Waals surface area contributed by atoms with Crippen molar-refractivity contribution < 1.29 is 14.3 Å². The molecule has 0 heterocycles. The van der Waals surface area contributed by atoms with E-state index in [0.29, 0.717) is 17.2 Å². The maximum Gasteiger partial charge on any atom is 0.265 e. The number of carbonyl (C=O) groups excluding carboxylic acids is 1. The van der Waals surface area contributed by atoms with Crippen molar-refractivity contribution in [1.82, 2.24) is 5.43 Å². The van der Waals surface area contributed by atoms with Crippen LogP contribution in [0.25, 0.3) is 0 Å². The summed E-state index contributed by atoms with van der Waals surface area (Å²) < 4.78 is 11.4. The topological polar surface area (TPSA) is 59.9 Å². The summed E-state index contributed by atoms with van der Waals surface area (Å²) in [6.45, 7) is 1.82. The van der Waals surface area contributed by atoms with Crippen LogP contribution in [-0.2, 0) is 4.79 Å². The molecule has 0 unspecified atom stereocenters. The predicted octanol–water partition coefficient (Wildman–Crippen LogP) is 5.97. The number of hydrogen-bond donors (Lipinski definition) is 1. The van der Waals surface area contributed by atoms with Crippen LogP contribution < -0.4 is 14.9 Å². The summed E-state index contributed by atoms with van der Waals surface area (Å²) in [5.74, 6) is 0.940. The SMILES string of the molecule is COc1ccc(/C(C)=N/NC(=O)C=C(Sc2ccccc2)Sc2ccccc2)cc1OC. The van der Waals surface area contributed by atoms with Gasteiger partial charge >= 0.3 is 0 Å². The van der Waals surface area contributed by atoms with Gasteiger partial charge in [0, 0.05) is 21.4 Å². The van der Waals surface area contributed by atoms with E-state index in [2.05, 4.69) is 10.5 Å². The maximum atomic E-state index is 12.6. The molecule has 3 aromatic rings. The van der Waals surface area contributed by atoms with Crippen molar-refractivity contribution in [3.8, 4) is 11.5 Å². The Bertz CT molecular complexity index is 1060. The monoisotopic (exact) mass is 464 g/mol. The Morgan fingerprint density at radius 1 is 0.844 bits per heavy atom. The standard InChI is InChI=1S/C25H24N2O3S2/c1-18(19-14-15-22(29-2)23(16-19)30-3)26-27-24(28)17-25(31-20-10-6-4-7-11-20)32-21-12-8-5-9-13-21/h4-17H,1-3H3,(H,27,28)/b26-18+. The smallest absolute Gasteiger partial charge is 0.265 e. The largest absolute Gasteiger partial charge is 0.493 e. The second kappa shape index (κ2) is 12.0. The molecule has 0 saturated heterocycles. The normalized spacial score (nSPS) is 10.9. The van der Waals surface area contributed by atoms with Crippen molar-refractivity contribution in [1.29, 1.82) is 0 Å². The van der Waals surface area contributed by atoms with E-state index >= 15 is 0 Å². The fourth-order valence-corrected chi connectivity index (χ4v) is 4.82. The third-order valence-corrected chi connectivity index (χ3v) is 6.46. The maximum absolute atomic E-state index is 12.6. The summed E-state index contributed by atoms with van der Waals surface area (Å²) >= 11 is 3.07. The van der Waals surface area contributed by atoms with E-state index in [1.54, 1.807) is 26.4 Å². The van der Waals surface area contributed by atoms with Crippen LogP contribution in [0.15, 0.2) is 104 Å². The lowest BCUT2D eigenvalue weighted by Gasteiger charge is -2.09. The molecule has 3 rings (SSSR count). The average molecular weight is 465 g/mol. The molecule has 32 heavy (non-hydrogen) atoms. The summed E-state index contributed by atoms with van der Waals surface area (Å²) in [7, 11) is 3.17. The van der Waals surface area contributed by atoms with Crippen LogP contribution in [-0.4, -0.2) is 25.8 Å². The Hall–Kier alpha value is -3.16. The first kappa shape index (κ1) is 23.5. The molecule has 0 spiro atoms. The number of hydrogen-bond acceptors (Lipinski definition) is 6. The summed E-state index contributed by atoms with van der Waals surface area (Å²) in [6.07, 6.45) is 1.57. The second-order valence-corrected chi connectivity index (χ2v) is 9.03. The van der Waals surface area contributed by atoms with Gasteiger partial charge in [-0.3, -0.25) is 4.79 Å². The molecule has 0 atom stereocenters. The molecule has 0 aromatic heterocycles. The van der Waals surface area contributed by atoms with Crippen LogP contribution in [0.2, 0.25) is 0 Å². The highest BCUT2D eigenvalue weighted by Crippen LogP contribution is 2.38. The van der Waals surface area contributed by atoms with Gasteiger partial charge in [-0.2, -0.15) is 5.10 Å². The van der Waals surface area contributed by atoms with Gasteiger partial charge < -0.3 is 9.47 Å². The Morgan fingerprint density at radius 2 is 1.41 bits per heavy atom. The van der Waals surface area contributed by atoms with Crippen LogP contribution in [0.3, 0.4) is 0 Å². The summed E-state index contributed by atoms with van der Waals surface area (Å²) in [4.78, 5) is 14.7. The van der Waals surface area contributed by atoms with Crippen LogP contribution >= 0.6 is 23.5 Å². The van der Waals surface area contributed by atoms with E-state index in [1.807, 2.05) is 79.7 Å². The molecular weight excluding hydrogens is 440 g/mol. The van der Waals surface area contributed by atoms with Crippen molar-refractivity contribution in [2.75, 3.05) is 14.2 Å². The number of nitrogens with zero attached hydrogens (tertiary/aromatic N) is 1. The fourth-order valence-electron chi connectivity index (χ4n) is 2.69. The zero-order valence-corrected chi connectivity index (χ0v) is 19.7. The van der Waals surface area contributed by atoms with Gasteiger partial charge in [0.05, 0.1) is 24.2 Å². The lowest BCUT2D eigenvalue weighted by atomic mass is 10.1. The van der Waals surface area contributed by atoms with E-state index in [0.717, 1.165) is 19.6 Å². The number of benzene rings is 3. The Morgan fingerprint density at radius 3 is 1.94 bits per heavy atom. The van der Waals surface area contributed by atoms with Crippen LogP contribution in [0.4, 0.5) is 0 Å². The van der Waals surface area contributed by atoms with E-state index in [9.17, 15) is 4.79 Å². The van der Waals surface area contributed by atoms with Crippen LogP contribution in [0.1, 0.15) is 12.5 Å². The number of hydrazone groups is 1. The van der Waals surface area contributed by atoms with Gasteiger partial charge in [0.25, 0.3) is 5.91 Å². The Kier molecular flexibility index (Phi) is 8.83. The van der Waals surface area contributed by atoms with E-state index in [-0.39, 0.29) is 5.91 Å². The Labute approximate surface area is 196 Å². The lowest BCUT2D eigenvalue weighted by Crippen LogP contribution is -2.17. The Balaban J connectivity index is 1.75. The highest BCUT2D eigenvalue weighted by molar-refractivity contribution is 8.22. The fraction of sp³-hybridized carbons (Fsp3) is 0.120. The predicted molar refractivity (Wildman–Crippen MR) is 133 cm³/mol. The molecule has 0 aliphatic rings. The first-order valence-corrected chi connectivity index (χ1v) is 11.5. The highest BCUT2D eigenvalue weighted by atomic mass is 32.2. The highest BCUT2D eigenvalue weighted by Gasteiger charge is 2.09. The molecule has 0 aliphatic heterocycles. The number of methoxy groups -OCH3 is 2. The third kappa shape index (κ3) is 6.93. The van der Waals surface area contributed by atoms with Gasteiger partial charge in [-0.15, -0.1) is 0 Å². The van der Waals surface area contributed by atoms with Crippen molar-refractivity contribution in [3.63, 3.8) is 0 Å². The first-order valence-electron chi connectivity index (χ1n) is 9.83. The molecule has 0 aliphatic carbocycles. The second-order valence-electron chi connectivity index (χ2n) is 6.54. The molecule has 0 saturated carbocycles. The van der Waals surface area contributed by atoms with Crippen molar-refractivity contribution >= 4 is 35.1 Å². The lowest BCUT2D eigenvalue weighted by molar-refractivity contribution is -0.116. The molecule has 1 N–H and O–H groups in total. The van der Waals surface area contributed by atoms with Gasteiger partial charge in [0.1, 0.15) is 0 Å². The van der Waals surface area contributed by atoms with Gasteiger partial charge in [-0.1, -0.05) is 59.9 Å². The van der Waals surface area contributed by atoms with Gasteiger partial charge in [-0.05, 0) is 49.4 Å². The first-order chi connectivity index (χ1) is 15.6. The van der Waals surface area contributed by atoms with E-state index < -0.39 is 0 Å². The minimum Gasteiger partial charge on any atom is -0.493 e. The third-order valence-electron chi connectivity index (χ3n) is 4.31. The van der Waals surface area contributed by atoms with Crippen molar-refractivity contribution in [2.24, 2.45) is 5.10 Å². The van der Waals surface area contributed by atoms with E-state index in [4.69, 9.17) is 9.47 Å². The number of nitrogens with one attached hydrogen (secondary N) is 1. The number of rotatable bonds is 9. The summed E-state index contributed by atoms with van der Waals surface area (Å²) in [5.41, 5.74) is 4.10. The zero-order chi connectivity index (χ0) is 22.8. The number of carbonyl (C=O) groups is 1. The van der Waals surface area contributed by atoms with E-state index in [1.165, 1.54) is 23.5 Å².